The maximum atomic E-state index is 13.8. The normalized spacial score (nSPS) is 20.1. The summed E-state index contributed by atoms with van der Waals surface area (Å²) in [6.45, 7) is 6.70. The van der Waals surface area contributed by atoms with Crippen LogP contribution in [0.4, 0.5) is 5.69 Å². The van der Waals surface area contributed by atoms with Crippen LogP contribution in [0.2, 0.25) is 0 Å². The first-order valence-corrected chi connectivity index (χ1v) is 15.3. The van der Waals surface area contributed by atoms with Gasteiger partial charge >= 0.3 is 0 Å². The summed E-state index contributed by atoms with van der Waals surface area (Å²) in [4.78, 5) is 30.9. The van der Waals surface area contributed by atoms with Crippen LogP contribution in [-0.2, 0) is 16.1 Å². The molecule has 2 N–H and O–H groups in total. The van der Waals surface area contributed by atoms with Crippen molar-refractivity contribution in [1.82, 2.24) is 9.80 Å². The highest BCUT2D eigenvalue weighted by Crippen LogP contribution is 2.35. The summed E-state index contributed by atoms with van der Waals surface area (Å²) in [5.41, 5.74) is 4.45. The van der Waals surface area contributed by atoms with Gasteiger partial charge in [0.05, 0.1) is 23.9 Å². The molecule has 0 radical (unpaired) electrons. The molecule has 0 aromatic heterocycles. The molecule has 2 amide bonds. The number of nitrogens with one attached hydrogen (secondary N) is 1. The second-order valence-electron chi connectivity index (χ2n) is 11.9. The van der Waals surface area contributed by atoms with Gasteiger partial charge in [-0.15, -0.1) is 0 Å². The van der Waals surface area contributed by atoms with Gasteiger partial charge in [0.1, 0.15) is 6.10 Å². The number of aliphatic hydroxyl groups excluding tert-OH is 1. The van der Waals surface area contributed by atoms with Gasteiger partial charge in [-0.25, -0.2) is 0 Å². The summed E-state index contributed by atoms with van der Waals surface area (Å²) in [6, 6.07) is 23.9. The molecule has 2 aliphatic rings. The largest absolute Gasteiger partial charge is 0.486 e. The molecule has 3 atom stereocenters. The number of aliphatic hydroxyl groups is 1. The van der Waals surface area contributed by atoms with Crippen molar-refractivity contribution in [2.45, 2.75) is 45.4 Å². The number of anilines is 1. The monoisotopic (exact) mass is 585 g/mol. The van der Waals surface area contributed by atoms with Crippen molar-refractivity contribution in [3.8, 4) is 16.9 Å². The number of nitrogens with zero attached hydrogens (tertiary/aromatic N) is 2. The van der Waals surface area contributed by atoms with Crippen LogP contribution in [0, 0.1) is 11.8 Å². The minimum absolute atomic E-state index is 0.0340. The smallest absolute Gasteiger partial charge is 0.258 e. The van der Waals surface area contributed by atoms with Gasteiger partial charge in [-0.05, 0) is 55.6 Å². The zero-order chi connectivity index (χ0) is 30.3. The molecule has 5 rings (SSSR count). The van der Waals surface area contributed by atoms with Crippen LogP contribution in [0.5, 0.6) is 5.75 Å². The molecule has 8 heteroatoms. The Balaban J connectivity index is 1.37. The van der Waals surface area contributed by atoms with E-state index in [1.54, 1.807) is 23.1 Å². The van der Waals surface area contributed by atoms with Crippen LogP contribution >= 0.6 is 0 Å². The first-order chi connectivity index (χ1) is 20.8. The van der Waals surface area contributed by atoms with E-state index in [0.29, 0.717) is 56.1 Å². The quantitative estimate of drug-likeness (QED) is 0.365. The Bertz CT molecular complexity index is 1370. The molecule has 0 saturated carbocycles. The number of hydrogen-bond acceptors (Lipinski definition) is 6. The Kier molecular flexibility index (Phi) is 10.1. The molecule has 2 heterocycles. The lowest BCUT2D eigenvalue weighted by Gasteiger charge is -2.38. The highest BCUT2D eigenvalue weighted by Gasteiger charge is 2.35. The zero-order valence-corrected chi connectivity index (χ0v) is 25.4. The average Bonchev–Trinajstić information content (AvgIpc) is 3.03. The molecular formula is C35H43N3O5. The highest BCUT2D eigenvalue weighted by atomic mass is 16.5. The molecule has 1 fully saturated rings. The lowest BCUT2D eigenvalue weighted by molar-refractivity contribution is -0.122. The van der Waals surface area contributed by atoms with Gasteiger partial charge in [-0.2, -0.15) is 0 Å². The molecular weight excluding hydrogens is 542 g/mol. The predicted octanol–water partition coefficient (Wildman–Crippen LogP) is 5.07. The Morgan fingerprint density at radius 1 is 1.02 bits per heavy atom. The van der Waals surface area contributed by atoms with Crippen LogP contribution in [0.1, 0.15) is 42.6 Å². The number of carbonyl (C=O) groups is 2. The van der Waals surface area contributed by atoms with Gasteiger partial charge in [-0.1, -0.05) is 67.6 Å². The Hall–Kier alpha value is -3.72. The van der Waals surface area contributed by atoms with Gasteiger partial charge in [0.25, 0.3) is 5.91 Å². The predicted molar refractivity (Wildman–Crippen MR) is 168 cm³/mol. The maximum absolute atomic E-state index is 13.8. The molecule has 0 aliphatic carbocycles. The number of ether oxygens (including phenoxy) is 2. The second-order valence-corrected chi connectivity index (χ2v) is 11.9. The molecule has 3 aromatic rings. The van der Waals surface area contributed by atoms with Crippen LogP contribution < -0.4 is 10.1 Å². The summed E-state index contributed by atoms with van der Waals surface area (Å²) in [5, 5.41) is 13.0. The lowest BCUT2D eigenvalue weighted by Crippen LogP contribution is -2.49. The molecule has 2 aliphatic heterocycles. The van der Waals surface area contributed by atoms with E-state index in [1.165, 1.54) is 16.7 Å². The number of hydrogen-bond donors (Lipinski definition) is 2. The first kappa shape index (κ1) is 30.7. The van der Waals surface area contributed by atoms with Crippen molar-refractivity contribution >= 4 is 17.5 Å². The van der Waals surface area contributed by atoms with Gasteiger partial charge in [0, 0.05) is 44.7 Å². The third-order valence-corrected chi connectivity index (χ3v) is 8.55. The van der Waals surface area contributed by atoms with E-state index in [9.17, 15) is 14.7 Å². The third-order valence-electron chi connectivity index (χ3n) is 8.55. The fourth-order valence-corrected chi connectivity index (χ4v) is 5.87. The van der Waals surface area contributed by atoms with Crippen molar-refractivity contribution in [2.75, 3.05) is 45.3 Å². The summed E-state index contributed by atoms with van der Waals surface area (Å²) in [7, 11) is 2.07. The lowest BCUT2D eigenvalue weighted by atomic mass is 9.98. The van der Waals surface area contributed by atoms with Crippen molar-refractivity contribution in [3.05, 3.63) is 83.9 Å². The van der Waals surface area contributed by atoms with E-state index in [-0.39, 0.29) is 42.4 Å². The summed E-state index contributed by atoms with van der Waals surface area (Å²) in [5.74, 6) is -0.0886. The Morgan fingerprint density at radius 2 is 1.72 bits per heavy atom. The van der Waals surface area contributed by atoms with Gasteiger partial charge in [0.15, 0.2) is 5.75 Å². The molecule has 0 bridgehead atoms. The Morgan fingerprint density at radius 3 is 2.42 bits per heavy atom. The number of fused-ring (bicyclic) bond motifs is 1. The minimum Gasteiger partial charge on any atom is -0.486 e. The topological polar surface area (TPSA) is 91.3 Å². The first-order valence-electron chi connectivity index (χ1n) is 15.3. The molecule has 43 heavy (non-hydrogen) atoms. The van der Waals surface area contributed by atoms with Gasteiger partial charge in [0.2, 0.25) is 5.91 Å². The molecule has 3 aromatic carbocycles. The number of amides is 2. The minimum atomic E-state index is -0.358. The zero-order valence-electron chi connectivity index (χ0n) is 25.4. The fourth-order valence-electron chi connectivity index (χ4n) is 5.87. The van der Waals surface area contributed by atoms with E-state index in [0.717, 1.165) is 6.54 Å². The van der Waals surface area contributed by atoms with Crippen molar-refractivity contribution in [2.24, 2.45) is 11.8 Å². The fraction of sp³-hybridized carbons (Fsp3) is 0.429. The SMILES string of the molecule is C[C@@H]1CN([C@@H](C)CO)C(=O)c2cccc(NC(=O)C3CCOCC3)c2O[C@@H]1CN(C)Cc1ccc(-c2ccccc2)cc1. The van der Waals surface area contributed by atoms with E-state index in [1.807, 2.05) is 25.1 Å². The summed E-state index contributed by atoms with van der Waals surface area (Å²) in [6.07, 6.45) is 1.06. The van der Waals surface area contributed by atoms with E-state index in [2.05, 4.69) is 60.6 Å². The van der Waals surface area contributed by atoms with E-state index in [4.69, 9.17) is 9.47 Å². The average molecular weight is 586 g/mol. The number of para-hydroxylation sites is 1. The van der Waals surface area contributed by atoms with Crippen LogP contribution in [0.3, 0.4) is 0 Å². The van der Waals surface area contributed by atoms with E-state index < -0.39 is 0 Å². The molecule has 0 spiro atoms. The van der Waals surface area contributed by atoms with Crippen LogP contribution in [0.25, 0.3) is 11.1 Å². The van der Waals surface area contributed by atoms with Crippen molar-refractivity contribution in [3.63, 3.8) is 0 Å². The van der Waals surface area contributed by atoms with Crippen molar-refractivity contribution < 1.29 is 24.2 Å². The maximum Gasteiger partial charge on any atom is 0.258 e. The standard InChI is InChI=1S/C35H43N3O5/c1-24-20-38(25(2)23-39)35(41)30-10-7-11-31(36-34(40)29-16-18-42-19-17-29)33(30)43-32(24)22-37(3)21-26-12-14-28(15-13-26)27-8-5-4-6-9-27/h4-15,24-25,29,32,39H,16-23H2,1-3H3,(H,36,40)/t24-,25+,32-/m1/s1. The molecule has 1 saturated heterocycles. The third kappa shape index (κ3) is 7.44. The van der Waals surface area contributed by atoms with Crippen LogP contribution in [-0.4, -0.2) is 78.8 Å². The summed E-state index contributed by atoms with van der Waals surface area (Å²) < 4.78 is 12.1. The molecule has 8 nitrogen and oxygen atoms in total. The molecule has 0 unspecified atom stereocenters. The van der Waals surface area contributed by atoms with Gasteiger partial charge in [-0.3, -0.25) is 14.5 Å². The van der Waals surface area contributed by atoms with Crippen molar-refractivity contribution in [1.29, 1.82) is 0 Å². The highest BCUT2D eigenvalue weighted by molar-refractivity contribution is 6.02. The summed E-state index contributed by atoms with van der Waals surface area (Å²) >= 11 is 0. The van der Waals surface area contributed by atoms with Gasteiger partial charge < -0.3 is 24.8 Å². The number of likely N-dealkylation sites (N-methyl/N-ethyl adjacent to an activating group) is 1. The Labute approximate surface area is 254 Å². The van der Waals surface area contributed by atoms with E-state index >= 15 is 0 Å². The number of benzene rings is 3. The molecule has 228 valence electrons. The van der Waals surface area contributed by atoms with Crippen LogP contribution in [0.15, 0.2) is 72.8 Å². The second kappa shape index (κ2) is 14.2. The number of carbonyl (C=O) groups excluding carboxylic acids is 2. The number of rotatable bonds is 9.